The van der Waals surface area contributed by atoms with Crippen LogP contribution in [0.4, 0.5) is 0 Å². The average Bonchev–Trinajstić information content (AvgIpc) is 3.06. The van der Waals surface area contributed by atoms with Crippen molar-refractivity contribution < 1.29 is 9.53 Å². The fourth-order valence-electron chi connectivity index (χ4n) is 3.45. The SMILES string of the molecule is COC1(C(=O)c2ccc3c(c2)CCC3)CCCC1. The minimum atomic E-state index is -0.535. The molecule has 0 N–H and O–H groups in total. The first-order valence-electron chi connectivity index (χ1n) is 6.97. The molecule has 1 fully saturated rings. The molecular formula is C16H20O2. The number of ether oxygens (including phenoxy) is 1. The van der Waals surface area contributed by atoms with E-state index in [1.54, 1.807) is 7.11 Å². The Balaban J connectivity index is 1.92. The molecule has 0 aliphatic heterocycles. The Morgan fingerprint density at radius 1 is 1.11 bits per heavy atom. The maximum Gasteiger partial charge on any atom is 0.194 e. The third-order valence-corrected chi connectivity index (χ3v) is 4.58. The molecule has 0 bridgehead atoms. The monoisotopic (exact) mass is 244 g/mol. The molecule has 0 spiro atoms. The molecule has 0 radical (unpaired) electrons. The molecule has 0 unspecified atom stereocenters. The van der Waals surface area contributed by atoms with E-state index in [4.69, 9.17) is 4.74 Å². The second kappa shape index (κ2) is 4.51. The minimum Gasteiger partial charge on any atom is -0.370 e. The first-order chi connectivity index (χ1) is 8.75. The van der Waals surface area contributed by atoms with Crippen LogP contribution < -0.4 is 0 Å². The number of carbonyl (C=O) groups excluding carboxylic acids is 1. The van der Waals surface area contributed by atoms with Gasteiger partial charge in [0, 0.05) is 12.7 Å². The normalized spacial score (nSPS) is 20.9. The average molecular weight is 244 g/mol. The highest BCUT2D eigenvalue weighted by Gasteiger charge is 2.41. The van der Waals surface area contributed by atoms with Gasteiger partial charge in [0.25, 0.3) is 0 Å². The van der Waals surface area contributed by atoms with E-state index in [0.29, 0.717) is 0 Å². The van der Waals surface area contributed by atoms with Crippen molar-refractivity contribution in [3.63, 3.8) is 0 Å². The Bertz CT molecular complexity index is 470. The lowest BCUT2D eigenvalue weighted by Crippen LogP contribution is -2.37. The lowest BCUT2D eigenvalue weighted by atomic mass is 9.89. The summed E-state index contributed by atoms with van der Waals surface area (Å²) in [7, 11) is 1.68. The minimum absolute atomic E-state index is 0.192. The first kappa shape index (κ1) is 11.9. The van der Waals surface area contributed by atoms with Crippen LogP contribution in [0.2, 0.25) is 0 Å². The number of ketones is 1. The summed E-state index contributed by atoms with van der Waals surface area (Å²) < 4.78 is 5.58. The third-order valence-electron chi connectivity index (χ3n) is 4.58. The van der Waals surface area contributed by atoms with Gasteiger partial charge in [0.1, 0.15) is 5.60 Å². The van der Waals surface area contributed by atoms with Crippen molar-refractivity contribution in [3.05, 3.63) is 34.9 Å². The molecule has 0 saturated heterocycles. The third kappa shape index (κ3) is 1.79. The van der Waals surface area contributed by atoms with Gasteiger partial charge in [-0.05, 0) is 62.1 Å². The van der Waals surface area contributed by atoms with E-state index in [-0.39, 0.29) is 5.78 Å². The molecule has 2 aliphatic carbocycles. The smallest absolute Gasteiger partial charge is 0.194 e. The van der Waals surface area contributed by atoms with Crippen LogP contribution >= 0.6 is 0 Å². The molecule has 2 aliphatic rings. The van der Waals surface area contributed by atoms with Crippen molar-refractivity contribution in [1.29, 1.82) is 0 Å². The molecule has 0 atom stereocenters. The van der Waals surface area contributed by atoms with Crippen LogP contribution in [0, 0.1) is 0 Å². The molecule has 96 valence electrons. The highest BCUT2D eigenvalue weighted by Crippen LogP contribution is 2.36. The fourth-order valence-corrected chi connectivity index (χ4v) is 3.45. The molecule has 2 heteroatoms. The van der Waals surface area contributed by atoms with E-state index in [9.17, 15) is 4.79 Å². The van der Waals surface area contributed by atoms with Crippen molar-refractivity contribution >= 4 is 5.78 Å². The summed E-state index contributed by atoms with van der Waals surface area (Å²) in [5.41, 5.74) is 3.10. The van der Waals surface area contributed by atoms with Gasteiger partial charge in [0.2, 0.25) is 0 Å². The maximum atomic E-state index is 12.7. The van der Waals surface area contributed by atoms with Crippen molar-refractivity contribution in [1.82, 2.24) is 0 Å². The molecule has 1 saturated carbocycles. The van der Waals surface area contributed by atoms with Gasteiger partial charge in [-0.25, -0.2) is 0 Å². The molecule has 18 heavy (non-hydrogen) atoms. The molecule has 3 rings (SSSR count). The van der Waals surface area contributed by atoms with Gasteiger partial charge < -0.3 is 4.74 Å². The van der Waals surface area contributed by atoms with Crippen LogP contribution in [0.1, 0.15) is 53.6 Å². The zero-order valence-electron chi connectivity index (χ0n) is 11.0. The quantitative estimate of drug-likeness (QED) is 0.762. The van der Waals surface area contributed by atoms with Crippen molar-refractivity contribution in [2.75, 3.05) is 7.11 Å². The summed E-state index contributed by atoms with van der Waals surface area (Å²) in [5.74, 6) is 0.192. The summed E-state index contributed by atoms with van der Waals surface area (Å²) in [5, 5.41) is 0. The number of hydrogen-bond donors (Lipinski definition) is 0. The van der Waals surface area contributed by atoms with Gasteiger partial charge in [-0.2, -0.15) is 0 Å². The van der Waals surface area contributed by atoms with Crippen LogP contribution in [0.15, 0.2) is 18.2 Å². The molecule has 1 aromatic carbocycles. The fraction of sp³-hybridized carbons (Fsp3) is 0.562. The molecule has 1 aromatic rings. The molecule has 0 aromatic heterocycles. The van der Waals surface area contributed by atoms with Gasteiger partial charge >= 0.3 is 0 Å². The van der Waals surface area contributed by atoms with Gasteiger partial charge in [0.05, 0.1) is 0 Å². The van der Waals surface area contributed by atoms with E-state index in [0.717, 1.165) is 37.7 Å². The maximum absolute atomic E-state index is 12.7. The van der Waals surface area contributed by atoms with Crippen LogP contribution in [-0.4, -0.2) is 18.5 Å². The number of carbonyl (C=O) groups is 1. The Kier molecular flexibility index (Phi) is 2.98. The van der Waals surface area contributed by atoms with Crippen LogP contribution in [0.5, 0.6) is 0 Å². The number of methoxy groups -OCH3 is 1. The Morgan fingerprint density at radius 3 is 2.56 bits per heavy atom. The van der Waals surface area contributed by atoms with Crippen molar-refractivity contribution in [2.45, 2.75) is 50.5 Å². The standard InChI is InChI=1S/C16H20O2/c1-18-16(9-2-3-10-16)15(17)14-8-7-12-5-4-6-13(12)11-14/h7-8,11H,2-6,9-10H2,1H3. The molecule has 2 nitrogen and oxygen atoms in total. The number of fused-ring (bicyclic) bond motifs is 1. The van der Waals surface area contributed by atoms with Crippen LogP contribution in [-0.2, 0) is 17.6 Å². The van der Waals surface area contributed by atoms with E-state index in [2.05, 4.69) is 12.1 Å². The highest BCUT2D eigenvalue weighted by molar-refractivity contribution is 6.03. The summed E-state index contributed by atoms with van der Waals surface area (Å²) in [4.78, 5) is 12.7. The Labute approximate surface area is 108 Å². The highest BCUT2D eigenvalue weighted by atomic mass is 16.5. The zero-order valence-corrected chi connectivity index (χ0v) is 11.0. The van der Waals surface area contributed by atoms with Crippen molar-refractivity contribution in [3.8, 4) is 0 Å². The predicted octanol–water partition coefficient (Wildman–Crippen LogP) is 3.32. The number of hydrogen-bond acceptors (Lipinski definition) is 2. The number of Topliss-reactive ketones (excluding diaryl/α,β-unsaturated/α-hetero) is 1. The van der Waals surface area contributed by atoms with Crippen molar-refractivity contribution in [2.24, 2.45) is 0 Å². The van der Waals surface area contributed by atoms with E-state index < -0.39 is 5.60 Å². The molecule has 0 amide bonds. The number of benzene rings is 1. The van der Waals surface area contributed by atoms with E-state index in [1.807, 2.05) is 6.07 Å². The van der Waals surface area contributed by atoms with Crippen LogP contribution in [0.25, 0.3) is 0 Å². The van der Waals surface area contributed by atoms with Gasteiger partial charge in [0.15, 0.2) is 5.78 Å². The number of rotatable bonds is 3. The lowest BCUT2D eigenvalue weighted by Gasteiger charge is -2.26. The topological polar surface area (TPSA) is 26.3 Å². The van der Waals surface area contributed by atoms with Gasteiger partial charge in [-0.15, -0.1) is 0 Å². The summed E-state index contributed by atoms with van der Waals surface area (Å²) in [6.45, 7) is 0. The second-order valence-electron chi connectivity index (χ2n) is 5.57. The lowest BCUT2D eigenvalue weighted by molar-refractivity contribution is 0.00602. The Morgan fingerprint density at radius 2 is 1.83 bits per heavy atom. The molecular weight excluding hydrogens is 224 g/mol. The second-order valence-corrected chi connectivity index (χ2v) is 5.57. The number of aryl methyl sites for hydroxylation is 2. The van der Waals surface area contributed by atoms with Gasteiger partial charge in [-0.1, -0.05) is 12.1 Å². The summed E-state index contributed by atoms with van der Waals surface area (Å²) in [6.07, 6.45) is 7.46. The van der Waals surface area contributed by atoms with Gasteiger partial charge in [-0.3, -0.25) is 4.79 Å². The molecule has 0 heterocycles. The summed E-state index contributed by atoms with van der Waals surface area (Å²) in [6, 6.07) is 6.23. The Hall–Kier alpha value is -1.15. The van der Waals surface area contributed by atoms with Crippen LogP contribution in [0.3, 0.4) is 0 Å². The summed E-state index contributed by atoms with van der Waals surface area (Å²) >= 11 is 0. The zero-order chi connectivity index (χ0) is 12.6. The van der Waals surface area contributed by atoms with E-state index >= 15 is 0 Å². The van der Waals surface area contributed by atoms with E-state index in [1.165, 1.54) is 24.0 Å². The first-order valence-corrected chi connectivity index (χ1v) is 6.97. The largest absolute Gasteiger partial charge is 0.370 e. The predicted molar refractivity (Wildman–Crippen MR) is 71.0 cm³/mol.